The number of ether oxygens (including phenoxy) is 2. The van der Waals surface area contributed by atoms with Crippen LogP contribution in [-0.2, 0) is 53.6 Å². The third kappa shape index (κ3) is 15.2. The standard InChI is InChI=1S/C30H46N3O12PS2/c1-20(34)47-15-14-31-23(35)12-13-32-25(36)24-30(5,6)18-43-46(40,45-24)44-19-42-28(39)33-22(17-48-27(38)29(2,3)4)26(37)41-16-21-10-8-7-9-11-21/h7-11,22,24,40,46H,12-19H2,1-6H3,(H,31,35)(H,32,36)(H,33,39)/t22-,24-/m0/s1. The molecule has 0 unspecified atom stereocenters. The van der Waals surface area contributed by atoms with Gasteiger partial charge >= 0.3 is 272 Å². The number of carbonyl (C=O) groups excluding carboxylic acids is 6. The summed E-state index contributed by atoms with van der Waals surface area (Å²) in [6, 6.07) is 7.64. The van der Waals surface area contributed by atoms with Crippen LogP contribution >= 0.6 is 31.7 Å². The van der Waals surface area contributed by atoms with E-state index in [2.05, 4.69) is 16.0 Å². The average Bonchev–Trinajstić information content (AvgIpc) is 3.01. The molecule has 1 fully saturated rings. The van der Waals surface area contributed by atoms with E-state index in [1.165, 1.54) is 6.92 Å². The summed E-state index contributed by atoms with van der Waals surface area (Å²) in [5.74, 6) is -1.42. The van der Waals surface area contributed by atoms with Gasteiger partial charge < -0.3 is 0 Å². The van der Waals surface area contributed by atoms with Crippen LogP contribution in [0, 0.1) is 10.8 Å². The fraction of sp³-hybridized carbons (Fsp3) is 0.600. The third-order valence-electron chi connectivity index (χ3n) is 6.45. The first-order valence-electron chi connectivity index (χ1n) is 15.1. The van der Waals surface area contributed by atoms with Crippen LogP contribution in [0.4, 0.5) is 4.79 Å². The van der Waals surface area contributed by atoms with Crippen LogP contribution in [0.15, 0.2) is 30.3 Å². The van der Waals surface area contributed by atoms with E-state index in [0.717, 1.165) is 29.1 Å². The topological polar surface area (TPSA) is 205 Å². The van der Waals surface area contributed by atoms with Crippen molar-refractivity contribution in [3.63, 3.8) is 0 Å². The Balaban J connectivity index is 1.89. The molecule has 1 aromatic rings. The van der Waals surface area contributed by atoms with Crippen molar-refractivity contribution >= 4 is 65.8 Å². The molecule has 0 spiro atoms. The van der Waals surface area contributed by atoms with Gasteiger partial charge in [-0.3, -0.25) is 4.79 Å². The number of nitrogens with one attached hydrogen (secondary N) is 3. The minimum atomic E-state index is -4.49. The molecule has 270 valence electrons. The van der Waals surface area contributed by atoms with Crippen LogP contribution < -0.4 is 16.0 Å². The number of esters is 1. The zero-order valence-corrected chi connectivity index (χ0v) is 30.6. The van der Waals surface area contributed by atoms with Crippen molar-refractivity contribution in [1.29, 1.82) is 0 Å². The quantitative estimate of drug-likeness (QED) is 0.0835. The molecule has 0 bridgehead atoms. The molecule has 1 heterocycles. The van der Waals surface area contributed by atoms with Crippen molar-refractivity contribution in [2.75, 3.05) is 38.0 Å². The number of rotatable bonds is 16. The Kier molecular flexibility index (Phi) is 16.7. The molecule has 1 aliphatic rings. The van der Waals surface area contributed by atoms with E-state index in [-0.39, 0.29) is 48.1 Å². The fourth-order valence-electron chi connectivity index (χ4n) is 3.76. The van der Waals surface area contributed by atoms with Gasteiger partial charge in [-0.2, -0.15) is 0 Å². The van der Waals surface area contributed by atoms with Gasteiger partial charge in [-0.15, -0.1) is 0 Å². The molecule has 0 aliphatic carbocycles. The zero-order valence-electron chi connectivity index (χ0n) is 28.0. The van der Waals surface area contributed by atoms with Crippen LogP contribution in [0.25, 0.3) is 0 Å². The van der Waals surface area contributed by atoms with Crippen LogP contribution in [0.5, 0.6) is 0 Å². The molecule has 1 aromatic carbocycles. The van der Waals surface area contributed by atoms with Crippen molar-refractivity contribution in [3.8, 4) is 0 Å². The summed E-state index contributed by atoms with van der Waals surface area (Å²) in [7, 11) is -4.49. The number of hydrogen-bond acceptors (Lipinski definition) is 14. The second-order valence-corrected chi connectivity index (χ2v) is 16.5. The summed E-state index contributed by atoms with van der Waals surface area (Å²) in [6.45, 7) is 9.20. The molecule has 4 N–H and O–H groups in total. The molecule has 2 rings (SSSR count). The molecule has 15 nitrogen and oxygen atoms in total. The summed E-state index contributed by atoms with van der Waals surface area (Å²) in [5.41, 5.74) is -0.860. The van der Waals surface area contributed by atoms with Crippen molar-refractivity contribution < 1.29 is 56.7 Å². The molecule has 2 atom stereocenters. The number of hydrogen-bond donors (Lipinski definition) is 4. The first kappa shape index (κ1) is 41.4. The van der Waals surface area contributed by atoms with Gasteiger partial charge in [0.15, 0.2) is 0 Å². The van der Waals surface area contributed by atoms with E-state index in [1.807, 2.05) is 6.07 Å². The Morgan fingerprint density at radius 3 is 2.38 bits per heavy atom. The molecule has 1 saturated heterocycles. The van der Waals surface area contributed by atoms with E-state index in [4.69, 9.17) is 23.0 Å². The van der Waals surface area contributed by atoms with E-state index in [9.17, 15) is 33.7 Å². The first-order chi connectivity index (χ1) is 22.4. The Labute approximate surface area is 289 Å². The van der Waals surface area contributed by atoms with Gasteiger partial charge in [-0.25, -0.2) is 0 Å². The summed E-state index contributed by atoms with van der Waals surface area (Å²) in [6.07, 6.45) is -2.36. The predicted molar refractivity (Wildman–Crippen MR) is 181 cm³/mol. The summed E-state index contributed by atoms with van der Waals surface area (Å²) < 4.78 is 26.5. The maximum absolute atomic E-state index is 12.9. The van der Waals surface area contributed by atoms with Crippen molar-refractivity contribution in [2.24, 2.45) is 10.8 Å². The van der Waals surface area contributed by atoms with Gasteiger partial charge in [-0.05, 0) is 0 Å². The second-order valence-electron chi connectivity index (χ2n) is 12.4. The minimum absolute atomic E-state index is 0.0139. The number of amides is 3. The SMILES string of the molecule is CC(=O)SCCNC(=O)CCNC(=O)[C@@H]1O[PH](O)(OCOC(=O)N[C@@H](CSC(=O)C(C)(C)C)C(=O)OCc2ccccc2)OCC1(C)C. The monoisotopic (exact) mass is 735 g/mol. The maximum atomic E-state index is 12.9. The van der Waals surface area contributed by atoms with E-state index in [0.29, 0.717) is 12.3 Å². The van der Waals surface area contributed by atoms with Gasteiger partial charge in [0.05, 0.1) is 0 Å². The molecule has 0 aromatic heterocycles. The molecule has 0 radical (unpaired) electrons. The van der Waals surface area contributed by atoms with E-state index >= 15 is 0 Å². The molecular formula is C30H46N3O12PS2. The summed E-state index contributed by atoms with van der Waals surface area (Å²) >= 11 is 1.95. The zero-order chi connectivity index (χ0) is 36.0. The number of thioether (sulfide) groups is 2. The molecular weight excluding hydrogens is 689 g/mol. The van der Waals surface area contributed by atoms with Crippen LogP contribution in [0.2, 0.25) is 0 Å². The van der Waals surface area contributed by atoms with E-state index < -0.39 is 55.9 Å². The van der Waals surface area contributed by atoms with Crippen LogP contribution in [-0.4, -0.2) is 89.1 Å². The normalized spacial score (nSPS) is 18.0. The number of carbonyl (C=O) groups is 6. The van der Waals surface area contributed by atoms with Gasteiger partial charge in [0.2, 0.25) is 0 Å². The Morgan fingerprint density at radius 2 is 1.73 bits per heavy atom. The Morgan fingerprint density at radius 1 is 1.04 bits per heavy atom. The van der Waals surface area contributed by atoms with Gasteiger partial charge in [0.25, 0.3) is 0 Å². The van der Waals surface area contributed by atoms with Crippen molar-refractivity contribution in [3.05, 3.63) is 35.9 Å². The Hall–Kier alpha value is -2.79. The number of benzene rings is 1. The molecule has 18 heteroatoms. The van der Waals surface area contributed by atoms with Crippen molar-refractivity contribution in [2.45, 2.75) is 66.7 Å². The fourth-order valence-corrected chi connectivity index (χ4v) is 6.93. The van der Waals surface area contributed by atoms with E-state index in [1.54, 1.807) is 58.9 Å². The Bertz CT molecular complexity index is 1280. The predicted octanol–water partition coefficient (Wildman–Crippen LogP) is 2.85. The third-order valence-corrected chi connectivity index (χ3v) is 10.2. The molecule has 48 heavy (non-hydrogen) atoms. The molecule has 1 aliphatic heterocycles. The summed E-state index contributed by atoms with van der Waals surface area (Å²) in [4.78, 5) is 84.7. The average molecular weight is 736 g/mol. The molecule has 3 amide bonds. The summed E-state index contributed by atoms with van der Waals surface area (Å²) in [5, 5.41) is 7.34. The van der Waals surface area contributed by atoms with Gasteiger partial charge in [-0.1, -0.05) is 6.07 Å². The molecule has 0 saturated carbocycles. The number of alkyl carbamates (subject to hydrolysis) is 1. The van der Waals surface area contributed by atoms with Gasteiger partial charge in [0, 0.05) is 6.92 Å². The van der Waals surface area contributed by atoms with Crippen LogP contribution in [0.3, 0.4) is 0 Å². The second kappa shape index (κ2) is 19.4. The van der Waals surface area contributed by atoms with Gasteiger partial charge in [0.1, 0.15) is 0 Å². The van der Waals surface area contributed by atoms with Crippen LogP contribution in [0.1, 0.15) is 53.5 Å². The first-order valence-corrected chi connectivity index (χ1v) is 18.7. The van der Waals surface area contributed by atoms with Crippen molar-refractivity contribution in [1.82, 2.24) is 16.0 Å².